The summed E-state index contributed by atoms with van der Waals surface area (Å²) in [5, 5.41) is 2.84. The molecule has 92 valence electrons. The summed E-state index contributed by atoms with van der Waals surface area (Å²) in [7, 11) is 0. The maximum absolute atomic E-state index is 12.3. The highest BCUT2D eigenvalue weighted by Crippen LogP contribution is 2.30. The molecule has 1 aromatic rings. The van der Waals surface area contributed by atoms with Gasteiger partial charge in [0.25, 0.3) is 0 Å². The molecule has 0 radical (unpaired) electrons. The normalized spacial score (nSPS) is 14.1. The van der Waals surface area contributed by atoms with E-state index in [9.17, 15) is 13.2 Å². The van der Waals surface area contributed by atoms with Crippen LogP contribution in [-0.2, 0) is 0 Å². The van der Waals surface area contributed by atoms with Gasteiger partial charge in [-0.05, 0) is 32.0 Å². The fraction of sp³-hybridized carbons (Fsp3) is 0.636. The molecule has 0 fully saturated rings. The first-order valence-electron chi connectivity index (χ1n) is 5.29. The van der Waals surface area contributed by atoms with E-state index in [2.05, 4.69) is 5.32 Å². The third kappa shape index (κ3) is 4.26. The number of rotatable bonds is 5. The third-order valence-electron chi connectivity index (χ3n) is 2.18. The number of hydrogen-bond donors (Lipinski definition) is 1. The van der Waals surface area contributed by atoms with Gasteiger partial charge in [-0.3, -0.25) is 0 Å². The zero-order valence-electron chi connectivity index (χ0n) is 9.40. The molecular formula is C11H16F3NO. The number of nitrogens with one attached hydrogen (secondary N) is 1. The zero-order chi connectivity index (χ0) is 12.2. The molecule has 0 saturated carbocycles. The van der Waals surface area contributed by atoms with E-state index in [0.29, 0.717) is 18.1 Å². The molecule has 0 bridgehead atoms. The van der Waals surface area contributed by atoms with E-state index in [1.54, 1.807) is 19.1 Å². The summed E-state index contributed by atoms with van der Waals surface area (Å²) in [6, 6.07) is 2.48. The summed E-state index contributed by atoms with van der Waals surface area (Å²) in [4.78, 5) is 0. The molecule has 1 atom stereocenters. The van der Waals surface area contributed by atoms with Crippen LogP contribution in [0.15, 0.2) is 16.5 Å². The Morgan fingerprint density at radius 2 is 2.06 bits per heavy atom. The van der Waals surface area contributed by atoms with Crippen molar-refractivity contribution in [3.63, 3.8) is 0 Å². The van der Waals surface area contributed by atoms with E-state index < -0.39 is 18.6 Å². The van der Waals surface area contributed by atoms with Gasteiger partial charge in [0.05, 0.1) is 12.5 Å². The topological polar surface area (TPSA) is 25.2 Å². The summed E-state index contributed by atoms with van der Waals surface area (Å²) >= 11 is 0. The summed E-state index contributed by atoms with van der Waals surface area (Å²) < 4.78 is 42.3. The minimum atomic E-state index is -4.19. The molecular weight excluding hydrogens is 219 g/mol. The van der Waals surface area contributed by atoms with Crippen molar-refractivity contribution in [3.05, 3.63) is 23.7 Å². The van der Waals surface area contributed by atoms with Crippen LogP contribution in [0.1, 0.15) is 37.3 Å². The van der Waals surface area contributed by atoms with Crippen molar-refractivity contribution in [3.8, 4) is 0 Å². The van der Waals surface area contributed by atoms with Gasteiger partial charge >= 0.3 is 6.18 Å². The van der Waals surface area contributed by atoms with Gasteiger partial charge in [0.15, 0.2) is 0 Å². The second-order valence-electron chi connectivity index (χ2n) is 3.77. The molecule has 0 saturated heterocycles. The lowest BCUT2D eigenvalue weighted by molar-refractivity contribution is -0.141. The summed E-state index contributed by atoms with van der Waals surface area (Å²) in [6.45, 7) is 4.17. The second kappa shape index (κ2) is 5.39. The number of halogens is 3. The summed E-state index contributed by atoms with van der Waals surface area (Å²) in [5.41, 5.74) is 0. The van der Waals surface area contributed by atoms with Crippen LogP contribution in [-0.4, -0.2) is 12.7 Å². The van der Waals surface area contributed by atoms with Gasteiger partial charge < -0.3 is 9.73 Å². The Labute approximate surface area is 92.8 Å². The lowest BCUT2D eigenvalue weighted by Gasteiger charge is -2.17. The average Bonchev–Trinajstić information content (AvgIpc) is 2.57. The highest BCUT2D eigenvalue weighted by molar-refractivity contribution is 5.10. The van der Waals surface area contributed by atoms with Gasteiger partial charge in [-0.15, -0.1) is 0 Å². The molecule has 0 aliphatic carbocycles. The molecule has 1 heterocycles. The predicted octanol–water partition coefficient (Wildman–Crippen LogP) is 3.58. The Morgan fingerprint density at radius 1 is 1.38 bits per heavy atom. The van der Waals surface area contributed by atoms with Crippen LogP contribution in [0.3, 0.4) is 0 Å². The standard InChI is InChI=1S/C11H16F3NO/c1-3-6-15-9(7-11(12,13)14)10-5-4-8(2)16-10/h4-5,9,15H,3,6-7H2,1-2H3. The number of alkyl halides is 3. The molecule has 5 heteroatoms. The van der Waals surface area contributed by atoms with Crippen molar-refractivity contribution in [1.29, 1.82) is 0 Å². The number of aryl methyl sites for hydroxylation is 1. The summed E-state index contributed by atoms with van der Waals surface area (Å²) in [6.07, 6.45) is -4.31. The molecule has 1 aromatic heterocycles. The highest BCUT2D eigenvalue weighted by Gasteiger charge is 2.33. The highest BCUT2D eigenvalue weighted by atomic mass is 19.4. The Morgan fingerprint density at radius 3 is 2.50 bits per heavy atom. The van der Waals surface area contributed by atoms with Gasteiger partial charge in [-0.2, -0.15) is 13.2 Å². The van der Waals surface area contributed by atoms with Crippen LogP contribution >= 0.6 is 0 Å². The quantitative estimate of drug-likeness (QED) is 0.843. The molecule has 0 aliphatic heterocycles. The molecule has 1 rings (SSSR count). The van der Waals surface area contributed by atoms with Crippen LogP contribution in [0, 0.1) is 6.92 Å². The van der Waals surface area contributed by atoms with E-state index >= 15 is 0 Å². The van der Waals surface area contributed by atoms with E-state index in [-0.39, 0.29) is 0 Å². The molecule has 0 aliphatic rings. The molecule has 2 nitrogen and oxygen atoms in total. The van der Waals surface area contributed by atoms with Gasteiger partial charge in [-0.1, -0.05) is 6.92 Å². The molecule has 1 unspecified atom stereocenters. The maximum Gasteiger partial charge on any atom is 0.391 e. The zero-order valence-corrected chi connectivity index (χ0v) is 9.40. The Hall–Kier alpha value is -0.970. The minimum absolute atomic E-state index is 0.350. The van der Waals surface area contributed by atoms with Crippen molar-refractivity contribution in [2.24, 2.45) is 0 Å². The van der Waals surface area contributed by atoms with Crippen LogP contribution < -0.4 is 5.32 Å². The first kappa shape index (κ1) is 13.1. The number of furan rings is 1. The van der Waals surface area contributed by atoms with Crippen molar-refractivity contribution < 1.29 is 17.6 Å². The second-order valence-corrected chi connectivity index (χ2v) is 3.77. The first-order valence-corrected chi connectivity index (χ1v) is 5.29. The van der Waals surface area contributed by atoms with Crippen LogP contribution in [0.2, 0.25) is 0 Å². The SMILES string of the molecule is CCCNC(CC(F)(F)F)c1ccc(C)o1. The fourth-order valence-corrected chi connectivity index (χ4v) is 1.46. The van der Waals surface area contributed by atoms with Crippen LogP contribution in [0.25, 0.3) is 0 Å². The summed E-state index contributed by atoms with van der Waals surface area (Å²) in [5.74, 6) is 0.976. The Balaban J connectivity index is 2.71. The molecule has 16 heavy (non-hydrogen) atoms. The van der Waals surface area contributed by atoms with Crippen LogP contribution in [0.4, 0.5) is 13.2 Å². The Bertz CT molecular complexity index is 319. The lowest BCUT2D eigenvalue weighted by atomic mass is 10.1. The van der Waals surface area contributed by atoms with E-state index in [1.165, 1.54) is 0 Å². The molecule has 0 amide bonds. The van der Waals surface area contributed by atoms with E-state index in [1.807, 2.05) is 6.92 Å². The van der Waals surface area contributed by atoms with Gasteiger partial charge in [0.2, 0.25) is 0 Å². The fourth-order valence-electron chi connectivity index (χ4n) is 1.46. The lowest BCUT2D eigenvalue weighted by Crippen LogP contribution is -2.27. The van der Waals surface area contributed by atoms with Crippen LogP contribution in [0.5, 0.6) is 0 Å². The average molecular weight is 235 g/mol. The van der Waals surface area contributed by atoms with Crippen molar-refractivity contribution in [2.45, 2.75) is 38.9 Å². The largest absolute Gasteiger partial charge is 0.465 e. The first-order chi connectivity index (χ1) is 7.42. The van der Waals surface area contributed by atoms with Crippen molar-refractivity contribution >= 4 is 0 Å². The molecule has 1 N–H and O–H groups in total. The predicted molar refractivity (Wildman–Crippen MR) is 55.2 cm³/mol. The minimum Gasteiger partial charge on any atom is -0.465 e. The molecule has 0 spiro atoms. The van der Waals surface area contributed by atoms with Crippen molar-refractivity contribution in [2.75, 3.05) is 6.54 Å². The van der Waals surface area contributed by atoms with Gasteiger partial charge in [0.1, 0.15) is 11.5 Å². The van der Waals surface area contributed by atoms with Crippen molar-refractivity contribution in [1.82, 2.24) is 5.32 Å². The van der Waals surface area contributed by atoms with E-state index in [4.69, 9.17) is 4.42 Å². The maximum atomic E-state index is 12.3. The smallest absolute Gasteiger partial charge is 0.391 e. The monoisotopic (exact) mass is 235 g/mol. The van der Waals surface area contributed by atoms with Gasteiger partial charge in [0, 0.05) is 0 Å². The Kier molecular flexibility index (Phi) is 4.41. The van der Waals surface area contributed by atoms with Gasteiger partial charge in [-0.25, -0.2) is 0 Å². The number of hydrogen-bond acceptors (Lipinski definition) is 2. The third-order valence-corrected chi connectivity index (χ3v) is 2.18. The van der Waals surface area contributed by atoms with E-state index in [0.717, 1.165) is 6.42 Å². The molecule has 0 aromatic carbocycles.